The summed E-state index contributed by atoms with van der Waals surface area (Å²) in [4.78, 5) is 20.2. The summed E-state index contributed by atoms with van der Waals surface area (Å²) in [6.45, 7) is 2.56. The number of amides is 1. The van der Waals surface area contributed by atoms with E-state index in [-0.39, 0.29) is 5.91 Å². The van der Waals surface area contributed by atoms with Crippen LogP contribution in [0.2, 0.25) is 5.02 Å². The molecule has 0 bridgehead atoms. The molecule has 7 heteroatoms. The molecule has 3 aromatic rings. The highest BCUT2D eigenvalue weighted by molar-refractivity contribution is 7.15. The van der Waals surface area contributed by atoms with E-state index in [9.17, 15) is 4.79 Å². The van der Waals surface area contributed by atoms with E-state index in [4.69, 9.17) is 16.0 Å². The molecule has 1 amide bonds. The molecule has 0 fully saturated rings. The minimum atomic E-state index is -0.201. The fraction of sp³-hybridized carbons (Fsp3) is 0.222. The molecule has 0 saturated heterocycles. The van der Waals surface area contributed by atoms with Crippen molar-refractivity contribution in [3.8, 4) is 0 Å². The first-order valence-electron chi connectivity index (χ1n) is 7.97. The van der Waals surface area contributed by atoms with Gasteiger partial charge in [-0.3, -0.25) is 15.0 Å². The first-order chi connectivity index (χ1) is 12.2. The number of aromatic nitrogens is 1. The first kappa shape index (κ1) is 16.3. The Morgan fingerprint density at radius 1 is 1.36 bits per heavy atom. The minimum Gasteiger partial charge on any atom is -0.472 e. The molecule has 0 radical (unpaired) electrons. The number of benzene rings is 1. The number of anilines is 1. The van der Waals surface area contributed by atoms with Crippen molar-refractivity contribution in [3.05, 3.63) is 69.6 Å². The van der Waals surface area contributed by atoms with Crippen LogP contribution in [0.15, 0.2) is 47.3 Å². The van der Waals surface area contributed by atoms with Crippen LogP contribution in [0.3, 0.4) is 0 Å². The molecular formula is C18H16ClN3O2S. The van der Waals surface area contributed by atoms with Gasteiger partial charge in [0.1, 0.15) is 6.26 Å². The lowest BCUT2D eigenvalue weighted by Gasteiger charge is -2.26. The van der Waals surface area contributed by atoms with E-state index in [2.05, 4.69) is 21.3 Å². The maximum absolute atomic E-state index is 12.1. The average Bonchev–Trinajstić information content (AvgIpc) is 3.25. The number of furan rings is 1. The molecule has 0 saturated carbocycles. The summed E-state index contributed by atoms with van der Waals surface area (Å²) in [7, 11) is 0. The highest BCUT2D eigenvalue weighted by atomic mass is 35.5. The van der Waals surface area contributed by atoms with Crippen LogP contribution in [0, 0.1) is 0 Å². The van der Waals surface area contributed by atoms with Crippen LogP contribution >= 0.6 is 22.9 Å². The highest BCUT2D eigenvalue weighted by Crippen LogP contribution is 2.30. The fourth-order valence-corrected chi connectivity index (χ4v) is 4.11. The topological polar surface area (TPSA) is 58.4 Å². The van der Waals surface area contributed by atoms with E-state index in [1.165, 1.54) is 28.7 Å². The van der Waals surface area contributed by atoms with Gasteiger partial charge >= 0.3 is 0 Å². The second-order valence-corrected chi connectivity index (χ2v) is 7.40. The molecule has 2 aromatic heterocycles. The van der Waals surface area contributed by atoms with Gasteiger partial charge in [0.25, 0.3) is 5.91 Å². The molecule has 0 unspecified atom stereocenters. The van der Waals surface area contributed by atoms with Crippen molar-refractivity contribution in [2.45, 2.75) is 19.5 Å². The SMILES string of the molecule is O=C(Nc1nc2c(s1)CN(Cc1ccccc1Cl)CC2)c1ccoc1. The van der Waals surface area contributed by atoms with Crippen molar-refractivity contribution >= 4 is 34.0 Å². The number of carbonyl (C=O) groups excluding carboxylic acids is 1. The highest BCUT2D eigenvalue weighted by Gasteiger charge is 2.22. The van der Waals surface area contributed by atoms with E-state index in [1.807, 2.05) is 18.2 Å². The number of hydrogen-bond acceptors (Lipinski definition) is 5. The largest absolute Gasteiger partial charge is 0.472 e. The zero-order valence-electron chi connectivity index (χ0n) is 13.4. The van der Waals surface area contributed by atoms with Gasteiger partial charge in [0.2, 0.25) is 0 Å². The zero-order chi connectivity index (χ0) is 17.2. The smallest absolute Gasteiger partial charge is 0.260 e. The maximum atomic E-state index is 12.1. The predicted octanol–water partition coefficient (Wildman–Crippen LogP) is 4.20. The quantitative estimate of drug-likeness (QED) is 0.744. The molecule has 3 heterocycles. The van der Waals surface area contributed by atoms with Crippen molar-refractivity contribution in [3.63, 3.8) is 0 Å². The van der Waals surface area contributed by atoms with Gasteiger partial charge in [-0.15, -0.1) is 11.3 Å². The van der Waals surface area contributed by atoms with Gasteiger partial charge in [-0.1, -0.05) is 29.8 Å². The summed E-state index contributed by atoms with van der Waals surface area (Å²) in [6.07, 6.45) is 3.78. The Morgan fingerprint density at radius 3 is 3.04 bits per heavy atom. The molecule has 4 rings (SSSR count). The second kappa shape index (κ2) is 7.00. The number of hydrogen-bond donors (Lipinski definition) is 1. The Hall–Kier alpha value is -2.15. The lowest BCUT2D eigenvalue weighted by Crippen LogP contribution is -2.29. The Bertz CT molecular complexity index is 892. The summed E-state index contributed by atoms with van der Waals surface area (Å²) >= 11 is 7.79. The van der Waals surface area contributed by atoms with E-state index in [0.29, 0.717) is 10.7 Å². The second-order valence-electron chi connectivity index (χ2n) is 5.91. The van der Waals surface area contributed by atoms with Crippen molar-refractivity contribution in [2.24, 2.45) is 0 Å². The summed E-state index contributed by atoms with van der Waals surface area (Å²) in [5, 5.41) is 4.28. The fourth-order valence-electron chi connectivity index (χ4n) is 2.87. The number of halogens is 1. The Balaban J connectivity index is 1.44. The average molecular weight is 374 g/mol. The van der Waals surface area contributed by atoms with E-state index in [0.717, 1.165) is 42.3 Å². The van der Waals surface area contributed by atoms with Gasteiger partial charge in [0.05, 0.1) is 17.5 Å². The van der Waals surface area contributed by atoms with E-state index in [1.54, 1.807) is 6.07 Å². The number of rotatable bonds is 4. The van der Waals surface area contributed by atoms with Gasteiger partial charge in [-0.25, -0.2) is 4.98 Å². The third-order valence-corrected chi connectivity index (χ3v) is 5.53. The monoisotopic (exact) mass is 373 g/mol. The molecule has 1 aliphatic rings. The van der Waals surface area contributed by atoms with E-state index >= 15 is 0 Å². The van der Waals surface area contributed by atoms with Crippen LogP contribution in [0.4, 0.5) is 5.13 Å². The Labute approximate surface area is 154 Å². The molecule has 1 N–H and O–H groups in total. The van der Waals surface area contributed by atoms with Crippen molar-refractivity contribution in [1.82, 2.24) is 9.88 Å². The molecule has 1 aromatic carbocycles. The molecule has 0 atom stereocenters. The van der Waals surface area contributed by atoms with Crippen molar-refractivity contribution < 1.29 is 9.21 Å². The van der Waals surface area contributed by atoms with Gasteiger partial charge in [-0.2, -0.15) is 0 Å². The third-order valence-electron chi connectivity index (χ3n) is 4.17. The number of nitrogens with zero attached hydrogens (tertiary/aromatic N) is 2. The van der Waals surface area contributed by atoms with Gasteiger partial charge in [-0.05, 0) is 17.7 Å². The molecule has 25 heavy (non-hydrogen) atoms. The molecule has 0 aliphatic carbocycles. The van der Waals surface area contributed by atoms with Gasteiger partial charge < -0.3 is 4.42 Å². The molecule has 128 valence electrons. The summed E-state index contributed by atoms with van der Waals surface area (Å²) in [6, 6.07) is 9.56. The van der Waals surface area contributed by atoms with Gasteiger partial charge in [0, 0.05) is 36.0 Å². The number of carbonyl (C=O) groups is 1. The van der Waals surface area contributed by atoms with Crippen molar-refractivity contribution in [1.29, 1.82) is 0 Å². The predicted molar refractivity (Wildman–Crippen MR) is 98.0 cm³/mol. The summed E-state index contributed by atoms with van der Waals surface area (Å²) in [5.74, 6) is -0.201. The normalized spacial score (nSPS) is 14.3. The maximum Gasteiger partial charge on any atom is 0.260 e. The van der Waals surface area contributed by atoms with Crippen LogP contribution in [-0.4, -0.2) is 22.3 Å². The molecular weight excluding hydrogens is 358 g/mol. The Morgan fingerprint density at radius 2 is 2.24 bits per heavy atom. The standard InChI is InChI=1S/C18H16ClN3O2S/c19-14-4-2-1-3-12(14)9-22-7-5-15-16(10-22)25-18(20-15)21-17(23)13-6-8-24-11-13/h1-4,6,8,11H,5,7,9-10H2,(H,20,21,23). The van der Waals surface area contributed by atoms with E-state index < -0.39 is 0 Å². The summed E-state index contributed by atoms with van der Waals surface area (Å²) in [5.41, 5.74) is 2.70. The molecule has 0 spiro atoms. The third kappa shape index (κ3) is 3.61. The number of nitrogens with one attached hydrogen (secondary N) is 1. The van der Waals surface area contributed by atoms with Crippen LogP contribution in [0.25, 0.3) is 0 Å². The van der Waals surface area contributed by atoms with Crippen LogP contribution < -0.4 is 5.32 Å². The van der Waals surface area contributed by atoms with Crippen LogP contribution in [0.1, 0.15) is 26.5 Å². The number of fused-ring (bicyclic) bond motifs is 1. The lowest BCUT2D eigenvalue weighted by molar-refractivity contribution is 0.102. The van der Waals surface area contributed by atoms with Crippen LogP contribution in [-0.2, 0) is 19.5 Å². The molecule has 1 aliphatic heterocycles. The Kier molecular flexibility index (Phi) is 4.57. The van der Waals surface area contributed by atoms with Gasteiger partial charge in [0.15, 0.2) is 5.13 Å². The first-order valence-corrected chi connectivity index (χ1v) is 9.16. The number of thiazole rings is 1. The van der Waals surface area contributed by atoms with Crippen molar-refractivity contribution in [2.75, 3.05) is 11.9 Å². The van der Waals surface area contributed by atoms with Crippen LogP contribution in [0.5, 0.6) is 0 Å². The summed E-state index contributed by atoms with van der Waals surface area (Å²) < 4.78 is 4.94. The molecule has 5 nitrogen and oxygen atoms in total. The zero-order valence-corrected chi connectivity index (χ0v) is 14.9. The minimum absolute atomic E-state index is 0.201. The lowest BCUT2D eigenvalue weighted by atomic mass is 10.1.